The second-order valence-corrected chi connectivity index (χ2v) is 12.7. The van der Waals surface area contributed by atoms with Gasteiger partial charge in [0.15, 0.2) is 5.82 Å². The van der Waals surface area contributed by atoms with E-state index in [1.54, 1.807) is 6.20 Å². The number of pyridine rings is 1. The van der Waals surface area contributed by atoms with Crippen molar-refractivity contribution in [2.75, 3.05) is 62.9 Å². The lowest BCUT2D eigenvalue weighted by Crippen LogP contribution is -2.52. The quantitative estimate of drug-likeness (QED) is 0.519. The summed E-state index contributed by atoms with van der Waals surface area (Å²) in [5, 5.41) is 0.580. The van der Waals surface area contributed by atoms with Gasteiger partial charge in [-0.1, -0.05) is 6.42 Å². The molecule has 5 rings (SSSR count). The number of piperidine rings is 1. The molecular formula is C25H36FN5O4S. The Balaban J connectivity index is 1.36. The van der Waals surface area contributed by atoms with Crippen LogP contribution in [0.4, 0.5) is 10.2 Å². The summed E-state index contributed by atoms with van der Waals surface area (Å²) in [5.41, 5.74) is 0.205. The van der Waals surface area contributed by atoms with Crippen molar-refractivity contribution in [3.8, 4) is 6.01 Å². The molecule has 0 amide bonds. The predicted octanol–water partition coefficient (Wildman–Crippen LogP) is 2.84. The number of hydrogen-bond donors (Lipinski definition) is 0. The Bertz CT molecular complexity index is 1170. The molecule has 1 aliphatic carbocycles. The number of nitrogens with zero attached hydrogens (tertiary/aromatic N) is 5. The number of hydrogen-bond acceptors (Lipinski definition) is 9. The van der Waals surface area contributed by atoms with Crippen molar-refractivity contribution in [3.05, 3.63) is 18.2 Å². The second-order valence-electron chi connectivity index (χ2n) is 10.5. The fraction of sp³-hybridized carbons (Fsp3) is 0.720. The molecule has 2 saturated heterocycles. The van der Waals surface area contributed by atoms with Gasteiger partial charge in [-0.05, 0) is 51.6 Å². The Kier molecular flexibility index (Phi) is 7.60. The number of anilines is 1. The van der Waals surface area contributed by atoms with Crippen LogP contribution in [0, 0.1) is 11.2 Å². The van der Waals surface area contributed by atoms with Crippen LogP contribution in [0.1, 0.15) is 44.9 Å². The molecule has 0 radical (unpaired) electrons. The van der Waals surface area contributed by atoms with Gasteiger partial charge in [0.05, 0.1) is 30.5 Å². The van der Waals surface area contributed by atoms with Crippen molar-refractivity contribution in [2.45, 2.75) is 51.0 Å². The highest BCUT2D eigenvalue weighted by atomic mass is 32.2. The molecule has 3 aliphatic rings. The number of rotatable bonds is 8. The summed E-state index contributed by atoms with van der Waals surface area (Å²) in [5.74, 6) is 0.368. The maximum atomic E-state index is 14.8. The summed E-state index contributed by atoms with van der Waals surface area (Å²) in [6, 6.07) is 0.552. The topological polar surface area (TPSA) is 97.8 Å². The van der Waals surface area contributed by atoms with Crippen LogP contribution < -0.4 is 9.64 Å². The molecule has 0 unspecified atom stereocenters. The van der Waals surface area contributed by atoms with Crippen LogP contribution in [-0.4, -0.2) is 92.3 Å². The first-order valence-electron chi connectivity index (χ1n) is 13.0. The Morgan fingerprint density at radius 2 is 2.00 bits per heavy atom. The van der Waals surface area contributed by atoms with Gasteiger partial charge in [-0.2, -0.15) is 9.97 Å². The number of sulfone groups is 1. The second kappa shape index (κ2) is 10.7. The number of ether oxygens (including phenoxy) is 2. The summed E-state index contributed by atoms with van der Waals surface area (Å²) >= 11 is 0. The van der Waals surface area contributed by atoms with E-state index in [2.05, 4.69) is 19.8 Å². The van der Waals surface area contributed by atoms with Crippen LogP contribution in [0.25, 0.3) is 10.9 Å². The molecule has 2 aromatic rings. The lowest BCUT2D eigenvalue weighted by atomic mass is 9.75. The highest BCUT2D eigenvalue weighted by molar-refractivity contribution is 7.90. The molecule has 9 nitrogen and oxygen atoms in total. The van der Waals surface area contributed by atoms with E-state index in [4.69, 9.17) is 14.5 Å². The SMILES string of the molecule is CS(=O)(=O)CCCN1CCC[C@@]2(COc3nc(N4CCCOCC4)c4cncc(F)c4n3)CCC[C@@H]12. The van der Waals surface area contributed by atoms with Gasteiger partial charge in [0.1, 0.15) is 21.2 Å². The van der Waals surface area contributed by atoms with Crippen molar-refractivity contribution < 1.29 is 22.3 Å². The maximum Gasteiger partial charge on any atom is 0.319 e. The number of likely N-dealkylation sites (tertiary alicyclic amines) is 1. The van der Waals surface area contributed by atoms with Crippen LogP contribution >= 0.6 is 0 Å². The molecule has 2 aliphatic heterocycles. The molecule has 4 heterocycles. The number of halogens is 1. The zero-order chi connectivity index (χ0) is 25.2. The number of aromatic nitrogens is 3. The van der Waals surface area contributed by atoms with Crippen LogP contribution in [0.3, 0.4) is 0 Å². The Labute approximate surface area is 212 Å². The molecular weight excluding hydrogens is 485 g/mol. The highest BCUT2D eigenvalue weighted by Crippen LogP contribution is 2.48. The predicted molar refractivity (Wildman–Crippen MR) is 136 cm³/mol. The van der Waals surface area contributed by atoms with Gasteiger partial charge in [-0.25, -0.2) is 12.8 Å². The average molecular weight is 522 g/mol. The van der Waals surface area contributed by atoms with Gasteiger partial charge >= 0.3 is 6.01 Å². The first-order valence-corrected chi connectivity index (χ1v) is 15.1. The van der Waals surface area contributed by atoms with E-state index in [1.807, 2.05) is 0 Å². The van der Waals surface area contributed by atoms with Crippen LogP contribution in [0.2, 0.25) is 0 Å². The van der Waals surface area contributed by atoms with Crippen molar-refractivity contribution in [1.82, 2.24) is 19.9 Å². The smallest absolute Gasteiger partial charge is 0.319 e. The zero-order valence-corrected chi connectivity index (χ0v) is 21.8. The van der Waals surface area contributed by atoms with E-state index in [1.165, 1.54) is 12.5 Å². The molecule has 36 heavy (non-hydrogen) atoms. The van der Waals surface area contributed by atoms with E-state index in [0.717, 1.165) is 58.2 Å². The standard InChI is InChI=1S/C25H36FN5O4S/c1-36(32,33)15-5-11-30-9-3-8-25(7-2-6-21(25)30)18-35-24-28-22-19(16-27-17-20(22)26)23(29-24)31-10-4-13-34-14-12-31/h16-17,21H,2-15,18H2,1H3/t21-,25-/m1/s1. The van der Waals surface area contributed by atoms with E-state index in [0.29, 0.717) is 50.0 Å². The molecule has 0 aromatic carbocycles. The summed E-state index contributed by atoms with van der Waals surface area (Å²) in [7, 11) is -2.96. The monoisotopic (exact) mass is 521 g/mol. The molecule has 1 saturated carbocycles. The third-order valence-corrected chi connectivity index (χ3v) is 8.94. The fourth-order valence-corrected chi connectivity index (χ4v) is 6.91. The van der Waals surface area contributed by atoms with Gasteiger partial charge in [0, 0.05) is 43.6 Å². The highest BCUT2D eigenvalue weighted by Gasteiger charge is 2.48. The molecule has 2 aromatic heterocycles. The largest absolute Gasteiger partial charge is 0.463 e. The average Bonchev–Trinajstić information content (AvgIpc) is 3.09. The normalized spacial score (nSPS) is 25.6. The Morgan fingerprint density at radius 3 is 2.86 bits per heavy atom. The van der Waals surface area contributed by atoms with E-state index >= 15 is 0 Å². The minimum atomic E-state index is -2.96. The molecule has 11 heteroatoms. The summed E-state index contributed by atoms with van der Waals surface area (Å²) < 4.78 is 49.9. The third-order valence-electron chi connectivity index (χ3n) is 7.91. The minimum absolute atomic E-state index is 0.0188. The van der Waals surface area contributed by atoms with E-state index < -0.39 is 15.7 Å². The molecule has 3 fully saturated rings. The van der Waals surface area contributed by atoms with Crippen molar-refractivity contribution >= 4 is 26.6 Å². The van der Waals surface area contributed by atoms with Crippen LogP contribution in [-0.2, 0) is 14.6 Å². The van der Waals surface area contributed by atoms with Gasteiger partial charge in [-0.15, -0.1) is 0 Å². The maximum absolute atomic E-state index is 14.8. The van der Waals surface area contributed by atoms with Crippen LogP contribution in [0.5, 0.6) is 6.01 Å². The fourth-order valence-electron chi connectivity index (χ4n) is 6.26. The Morgan fingerprint density at radius 1 is 1.14 bits per heavy atom. The molecule has 0 N–H and O–H groups in total. The number of fused-ring (bicyclic) bond motifs is 2. The summed E-state index contributed by atoms with van der Waals surface area (Å²) in [6.07, 6.45) is 11.0. The van der Waals surface area contributed by atoms with Crippen LogP contribution in [0.15, 0.2) is 12.4 Å². The van der Waals surface area contributed by atoms with Gasteiger partial charge in [0.2, 0.25) is 0 Å². The van der Waals surface area contributed by atoms with Crippen molar-refractivity contribution in [3.63, 3.8) is 0 Å². The first kappa shape index (κ1) is 25.5. The molecule has 198 valence electrons. The lowest BCUT2D eigenvalue weighted by Gasteiger charge is -2.46. The molecule has 2 atom stereocenters. The lowest BCUT2D eigenvalue weighted by molar-refractivity contribution is -0.0000382. The first-order chi connectivity index (χ1) is 17.3. The van der Waals surface area contributed by atoms with E-state index in [-0.39, 0.29) is 22.7 Å². The summed E-state index contributed by atoms with van der Waals surface area (Å²) in [4.78, 5) is 17.8. The van der Waals surface area contributed by atoms with Gasteiger partial charge in [-0.3, -0.25) is 9.88 Å². The minimum Gasteiger partial charge on any atom is -0.463 e. The van der Waals surface area contributed by atoms with Crippen molar-refractivity contribution in [2.24, 2.45) is 5.41 Å². The van der Waals surface area contributed by atoms with Gasteiger partial charge < -0.3 is 14.4 Å². The zero-order valence-electron chi connectivity index (χ0n) is 21.0. The Hall–Kier alpha value is -2.11. The summed E-state index contributed by atoms with van der Waals surface area (Å²) in [6.45, 7) is 4.95. The molecule has 0 spiro atoms. The van der Waals surface area contributed by atoms with Crippen molar-refractivity contribution in [1.29, 1.82) is 0 Å². The molecule has 0 bridgehead atoms. The van der Waals surface area contributed by atoms with Gasteiger partial charge in [0.25, 0.3) is 0 Å². The third kappa shape index (κ3) is 5.57. The van der Waals surface area contributed by atoms with E-state index in [9.17, 15) is 12.8 Å².